The van der Waals surface area contributed by atoms with E-state index in [1.807, 2.05) is 13.0 Å². The average molecular weight is 457 g/mol. The molecule has 2 N–H and O–H groups in total. The lowest BCUT2D eigenvalue weighted by molar-refractivity contribution is -0.384. The molecule has 0 spiro atoms. The molecular weight excluding hydrogens is 438 g/mol. The van der Waals surface area contributed by atoms with Crippen LogP contribution in [0.5, 0.6) is 0 Å². The third-order valence-electron chi connectivity index (χ3n) is 5.26. The first-order valence-electron chi connectivity index (χ1n) is 10.3. The first-order chi connectivity index (χ1) is 16.4. The Morgan fingerprint density at radius 1 is 1.12 bits per heavy atom. The van der Waals surface area contributed by atoms with Gasteiger partial charge in [0.1, 0.15) is 11.4 Å². The van der Waals surface area contributed by atoms with Crippen LogP contribution in [0.2, 0.25) is 0 Å². The number of benzene rings is 2. The number of nitro groups is 1. The van der Waals surface area contributed by atoms with Crippen LogP contribution < -0.4 is 17.0 Å². The molecule has 0 saturated heterocycles. The van der Waals surface area contributed by atoms with Crippen molar-refractivity contribution in [2.45, 2.75) is 19.9 Å². The van der Waals surface area contributed by atoms with Gasteiger partial charge in [0.05, 0.1) is 39.8 Å². The van der Waals surface area contributed by atoms with Crippen LogP contribution in [0, 0.1) is 21.4 Å². The molecule has 0 fully saturated rings. The molecule has 2 heterocycles. The predicted molar refractivity (Wildman–Crippen MR) is 125 cm³/mol. The second kappa shape index (κ2) is 8.87. The molecule has 0 atom stereocenters. The Bertz CT molecular complexity index is 1560. The van der Waals surface area contributed by atoms with Crippen LogP contribution in [0.15, 0.2) is 70.4 Å². The van der Waals surface area contributed by atoms with E-state index in [9.17, 15) is 19.7 Å². The summed E-state index contributed by atoms with van der Waals surface area (Å²) in [5.41, 5.74) is 6.43. The molecule has 34 heavy (non-hydrogen) atoms. The van der Waals surface area contributed by atoms with Gasteiger partial charge in [-0.15, -0.1) is 0 Å². The third-order valence-corrected chi connectivity index (χ3v) is 5.26. The van der Waals surface area contributed by atoms with E-state index in [-0.39, 0.29) is 29.3 Å². The molecular formula is C23H19N7O4. The fraction of sp³-hybridized carbons (Fsp3) is 0.130. The molecule has 0 bridgehead atoms. The van der Waals surface area contributed by atoms with Gasteiger partial charge in [-0.05, 0) is 42.8 Å². The van der Waals surface area contributed by atoms with Crippen molar-refractivity contribution in [1.29, 1.82) is 5.26 Å². The number of hydrogen-bond acceptors (Lipinski definition) is 7. The molecule has 0 aliphatic rings. The molecule has 170 valence electrons. The summed E-state index contributed by atoms with van der Waals surface area (Å²) in [6, 6.07) is 15.7. The van der Waals surface area contributed by atoms with Gasteiger partial charge in [-0.1, -0.05) is 13.0 Å². The maximum atomic E-state index is 13.4. The number of rotatable bonds is 6. The normalized spacial score (nSPS) is 10.7. The van der Waals surface area contributed by atoms with Crippen molar-refractivity contribution in [3.63, 3.8) is 0 Å². The molecule has 11 nitrogen and oxygen atoms in total. The topological polar surface area (TPSA) is 155 Å². The lowest BCUT2D eigenvalue weighted by Crippen LogP contribution is -2.41. The lowest BCUT2D eigenvalue weighted by Gasteiger charge is -2.17. The molecule has 0 aliphatic carbocycles. The molecule has 4 rings (SSSR count). The van der Waals surface area contributed by atoms with Crippen molar-refractivity contribution in [2.24, 2.45) is 0 Å². The number of anilines is 1. The molecule has 0 radical (unpaired) electrons. The van der Waals surface area contributed by atoms with Gasteiger partial charge < -0.3 is 5.73 Å². The Balaban J connectivity index is 2.02. The number of nitriles is 1. The van der Waals surface area contributed by atoms with Gasteiger partial charge in [0, 0.05) is 18.7 Å². The van der Waals surface area contributed by atoms with Gasteiger partial charge in [-0.3, -0.25) is 19.5 Å². The predicted octanol–water partition coefficient (Wildman–Crippen LogP) is 2.62. The highest BCUT2D eigenvalue weighted by molar-refractivity contribution is 5.73. The van der Waals surface area contributed by atoms with Crippen molar-refractivity contribution in [1.82, 2.24) is 18.9 Å². The van der Waals surface area contributed by atoms with Crippen LogP contribution in [0.4, 0.5) is 11.5 Å². The summed E-state index contributed by atoms with van der Waals surface area (Å²) in [7, 11) is 0. The van der Waals surface area contributed by atoms with E-state index in [1.54, 1.807) is 30.3 Å². The number of non-ortho nitro benzene ring substituents is 1. The zero-order chi connectivity index (χ0) is 24.4. The van der Waals surface area contributed by atoms with Crippen LogP contribution in [-0.4, -0.2) is 23.8 Å². The van der Waals surface area contributed by atoms with E-state index >= 15 is 0 Å². The smallest absolute Gasteiger partial charge is 0.337 e. The largest absolute Gasteiger partial charge is 0.384 e. The maximum absolute atomic E-state index is 13.4. The highest BCUT2D eigenvalue weighted by Gasteiger charge is 2.23. The minimum atomic E-state index is -0.696. The van der Waals surface area contributed by atoms with Crippen LogP contribution in [0.1, 0.15) is 18.9 Å². The van der Waals surface area contributed by atoms with Gasteiger partial charge in [0.2, 0.25) is 0 Å². The summed E-state index contributed by atoms with van der Waals surface area (Å²) in [6.45, 7) is 1.95. The van der Waals surface area contributed by atoms with E-state index in [2.05, 4.69) is 5.10 Å². The Labute approximate surface area is 192 Å². The van der Waals surface area contributed by atoms with Gasteiger partial charge >= 0.3 is 5.69 Å². The first-order valence-corrected chi connectivity index (χ1v) is 10.3. The molecule has 0 unspecified atom stereocenters. The molecule has 2 aromatic carbocycles. The van der Waals surface area contributed by atoms with E-state index < -0.39 is 16.2 Å². The second-order valence-corrected chi connectivity index (χ2v) is 7.40. The number of hydrogen-bond donors (Lipinski definition) is 1. The number of nitrogens with two attached hydrogens (primary N) is 1. The summed E-state index contributed by atoms with van der Waals surface area (Å²) in [5.74, 6) is -0.168. The average Bonchev–Trinajstić information content (AvgIpc) is 3.31. The molecule has 2 aromatic heterocycles. The SMILES string of the molecule is CCCn1c(=O)c(-c2ccnn2-c2ccc(C#N)cc2)c(N)n(-c2cccc([N+](=O)[O-])c2)c1=O. The van der Waals surface area contributed by atoms with Crippen LogP contribution in [0.3, 0.4) is 0 Å². The van der Waals surface area contributed by atoms with Crippen molar-refractivity contribution in [3.8, 4) is 28.7 Å². The van der Waals surface area contributed by atoms with E-state index in [1.165, 1.54) is 35.1 Å². The Hall–Kier alpha value is -4.98. The third kappa shape index (κ3) is 3.73. The van der Waals surface area contributed by atoms with Crippen LogP contribution in [0.25, 0.3) is 22.6 Å². The second-order valence-electron chi connectivity index (χ2n) is 7.40. The summed E-state index contributed by atoms with van der Waals surface area (Å²) >= 11 is 0. The summed E-state index contributed by atoms with van der Waals surface area (Å²) in [6.07, 6.45) is 1.99. The minimum Gasteiger partial charge on any atom is -0.384 e. The van der Waals surface area contributed by atoms with Crippen molar-refractivity contribution >= 4 is 11.5 Å². The number of nitro benzene ring substituents is 1. The van der Waals surface area contributed by atoms with E-state index in [4.69, 9.17) is 11.0 Å². The van der Waals surface area contributed by atoms with Crippen molar-refractivity contribution in [2.75, 3.05) is 5.73 Å². The minimum absolute atomic E-state index is 0.0291. The Kier molecular flexibility index (Phi) is 5.80. The summed E-state index contributed by atoms with van der Waals surface area (Å²) < 4.78 is 3.63. The highest BCUT2D eigenvalue weighted by atomic mass is 16.6. The molecule has 0 amide bonds. The quantitative estimate of drug-likeness (QED) is 0.345. The van der Waals surface area contributed by atoms with E-state index in [0.29, 0.717) is 23.4 Å². The summed E-state index contributed by atoms with van der Waals surface area (Å²) in [5, 5.41) is 24.6. The van der Waals surface area contributed by atoms with Gasteiger partial charge in [-0.25, -0.2) is 14.0 Å². The zero-order valence-electron chi connectivity index (χ0n) is 18.1. The number of nitrogens with zero attached hydrogens (tertiary/aromatic N) is 6. The highest BCUT2D eigenvalue weighted by Crippen LogP contribution is 2.26. The monoisotopic (exact) mass is 457 g/mol. The Morgan fingerprint density at radius 2 is 1.85 bits per heavy atom. The maximum Gasteiger partial charge on any atom is 0.337 e. The molecule has 11 heteroatoms. The molecule has 4 aromatic rings. The standard InChI is InChI=1S/C23H19N7O4/c1-2-12-27-22(31)20(19-10-11-26-29(19)16-8-6-15(14-24)7-9-16)21(25)28(23(27)32)17-4-3-5-18(13-17)30(33)34/h3-11,13H,2,12,25H2,1H3. The van der Waals surface area contributed by atoms with Crippen molar-refractivity contribution < 1.29 is 4.92 Å². The lowest BCUT2D eigenvalue weighted by atomic mass is 10.1. The fourth-order valence-corrected chi connectivity index (χ4v) is 3.70. The van der Waals surface area contributed by atoms with Gasteiger partial charge in [-0.2, -0.15) is 10.4 Å². The van der Waals surface area contributed by atoms with Gasteiger partial charge in [0.25, 0.3) is 11.2 Å². The number of aromatic nitrogens is 4. The fourth-order valence-electron chi connectivity index (χ4n) is 3.70. The first kappa shape index (κ1) is 22.2. The molecule has 0 aliphatic heterocycles. The Morgan fingerprint density at radius 3 is 2.50 bits per heavy atom. The van der Waals surface area contributed by atoms with Crippen LogP contribution in [-0.2, 0) is 6.54 Å². The molecule has 0 saturated carbocycles. The summed E-state index contributed by atoms with van der Waals surface area (Å²) in [4.78, 5) is 37.4. The van der Waals surface area contributed by atoms with Crippen molar-refractivity contribution in [3.05, 3.63) is 97.3 Å². The number of nitrogen functional groups attached to an aromatic ring is 1. The van der Waals surface area contributed by atoms with Crippen LogP contribution >= 0.6 is 0 Å². The van der Waals surface area contributed by atoms with E-state index in [0.717, 1.165) is 9.13 Å². The zero-order valence-corrected chi connectivity index (χ0v) is 18.1. The van der Waals surface area contributed by atoms with Gasteiger partial charge in [0.15, 0.2) is 0 Å².